The minimum Gasteiger partial charge on any atom is -0.461 e. The fraction of sp³-hybridized carbons (Fsp3) is 0.444. The zero-order valence-corrected chi connectivity index (χ0v) is 18.5. The van der Waals surface area contributed by atoms with Gasteiger partial charge in [-0.25, -0.2) is 0 Å². The Hall–Kier alpha value is -2.79. The summed E-state index contributed by atoms with van der Waals surface area (Å²) in [5.41, 5.74) is 2.02. The highest BCUT2D eigenvalue weighted by Crippen LogP contribution is 2.34. The van der Waals surface area contributed by atoms with Gasteiger partial charge in [0.05, 0.1) is 18.6 Å². The lowest BCUT2D eigenvalue weighted by Crippen LogP contribution is -2.24. The fourth-order valence-corrected chi connectivity index (χ4v) is 4.24. The highest BCUT2D eigenvalue weighted by molar-refractivity contribution is 5.88. The van der Waals surface area contributed by atoms with E-state index in [-0.39, 0.29) is 29.7 Å². The Morgan fingerprint density at radius 2 is 1.50 bits per heavy atom. The number of carbonyl (C=O) groups excluding carboxylic acids is 3. The predicted octanol–water partition coefficient (Wildman–Crippen LogP) is 5.06. The molecule has 0 saturated heterocycles. The Morgan fingerprint density at radius 3 is 2.16 bits per heavy atom. The van der Waals surface area contributed by atoms with Crippen molar-refractivity contribution in [2.24, 2.45) is 11.8 Å². The number of ketones is 1. The first-order chi connectivity index (χ1) is 15.7. The van der Waals surface area contributed by atoms with E-state index in [1.165, 1.54) is 0 Å². The van der Waals surface area contributed by atoms with Crippen LogP contribution in [0.25, 0.3) is 0 Å². The first-order valence-electron chi connectivity index (χ1n) is 11.5. The van der Waals surface area contributed by atoms with E-state index in [4.69, 9.17) is 9.47 Å². The average molecular weight is 437 g/mol. The van der Waals surface area contributed by atoms with Crippen LogP contribution in [0.1, 0.15) is 56.1 Å². The van der Waals surface area contributed by atoms with Gasteiger partial charge in [-0.2, -0.15) is 0 Å². The summed E-state index contributed by atoms with van der Waals surface area (Å²) in [6.45, 7) is 0.722. The molecule has 0 N–H and O–H groups in total. The predicted molar refractivity (Wildman–Crippen MR) is 122 cm³/mol. The lowest BCUT2D eigenvalue weighted by Gasteiger charge is -2.19. The quantitative estimate of drug-likeness (QED) is 0.249. The minimum atomic E-state index is -0.362. The van der Waals surface area contributed by atoms with Gasteiger partial charge in [-0.3, -0.25) is 9.59 Å². The number of rotatable bonds is 13. The van der Waals surface area contributed by atoms with Gasteiger partial charge < -0.3 is 14.3 Å². The first kappa shape index (κ1) is 23.9. The normalized spacial score (nSPS) is 20.2. The van der Waals surface area contributed by atoms with Crippen LogP contribution in [0.4, 0.5) is 0 Å². The van der Waals surface area contributed by atoms with E-state index in [2.05, 4.69) is 0 Å². The van der Waals surface area contributed by atoms with Crippen LogP contribution in [0.2, 0.25) is 0 Å². The van der Waals surface area contributed by atoms with Gasteiger partial charge in [0, 0.05) is 18.8 Å². The summed E-state index contributed by atoms with van der Waals surface area (Å²) in [4.78, 5) is 36.0. The summed E-state index contributed by atoms with van der Waals surface area (Å²) in [5, 5.41) is 0. The van der Waals surface area contributed by atoms with Crippen LogP contribution < -0.4 is 0 Å². The van der Waals surface area contributed by atoms with Crippen molar-refractivity contribution in [3.8, 4) is 0 Å². The Morgan fingerprint density at radius 1 is 0.875 bits per heavy atom. The van der Waals surface area contributed by atoms with E-state index in [1.54, 1.807) is 0 Å². The molecule has 3 rings (SSSR count). The average Bonchev–Trinajstić information content (AvgIpc) is 3.14. The zero-order valence-electron chi connectivity index (χ0n) is 18.5. The van der Waals surface area contributed by atoms with Crippen LogP contribution in [-0.2, 0) is 37.1 Å². The smallest absolute Gasteiger partial charge is 0.306 e. The van der Waals surface area contributed by atoms with E-state index in [9.17, 15) is 14.4 Å². The molecule has 0 spiro atoms. The number of ether oxygens (including phenoxy) is 2. The van der Waals surface area contributed by atoms with Gasteiger partial charge in [-0.1, -0.05) is 79.9 Å². The SMILES string of the molecule is O=C[C@H]1[C@H](OCc2ccccc2)CC(=O)[C@@H]1CCCCCCC(=O)OCc1ccccc1. The van der Waals surface area contributed by atoms with Crippen LogP contribution in [0.3, 0.4) is 0 Å². The van der Waals surface area contributed by atoms with Gasteiger partial charge in [0.15, 0.2) is 0 Å². The van der Waals surface area contributed by atoms with Crippen LogP contribution in [0.5, 0.6) is 0 Å². The summed E-state index contributed by atoms with van der Waals surface area (Å²) >= 11 is 0. The van der Waals surface area contributed by atoms with Crippen molar-refractivity contribution >= 4 is 18.0 Å². The molecule has 0 radical (unpaired) electrons. The highest BCUT2D eigenvalue weighted by atomic mass is 16.5. The molecule has 1 fully saturated rings. The van der Waals surface area contributed by atoms with E-state index >= 15 is 0 Å². The Bertz CT molecular complexity index is 849. The molecule has 5 heteroatoms. The molecule has 32 heavy (non-hydrogen) atoms. The fourth-order valence-electron chi connectivity index (χ4n) is 4.24. The van der Waals surface area contributed by atoms with E-state index in [0.717, 1.165) is 43.1 Å². The van der Waals surface area contributed by atoms with Crippen LogP contribution in [0.15, 0.2) is 60.7 Å². The monoisotopic (exact) mass is 436 g/mol. The number of aldehydes is 1. The lowest BCUT2D eigenvalue weighted by atomic mass is 9.90. The van der Waals surface area contributed by atoms with Gasteiger partial charge >= 0.3 is 5.97 Å². The summed E-state index contributed by atoms with van der Waals surface area (Å²) in [6, 6.07) is 19.4. The van der Waals surface area contributed by atoms with Crippen molar-refractivity contribution in [2.75, 3.05) is 0 Å². The van der Waals surface area contributed by atoms with Gasteiger partial charge in [-0.15, -0.1) is 0 Å². The molecule has 2 aromatic carbocycles. The largest absolute Gasteiger partial charge is 0.461 e. The van der Waals surface area contributed by atoms with Crippen molar-refractivity contribution in [1.82, 2.24) is 0 Å². The highest BCUT2D eigenvalue weighted by Gasteiger charge is 2.42. The third-order valence-corrected chi connectivity index (χ3v) is 6.06. The molecule has 0 bridgehead atoms. The molecular weight excluding hydrogens is 404 g/mol. The molecule has 0 aliphatic heterocycles. The second-order valence-electron chi connectivity index (χ2n) is 8.42. The summed E-state index contributed by atoms with van der Waals surface area (Å²) in [5.74, 6) is -0.660. The Kier molecular flexibility index (Phi) is 9.63. The second-order valence-corrected chi connectivity index (χ2v) is 8.42. The molecule has 0 heterocycles. The van der Waals surface area contributed by atoms with Gasteiger partial charge in [-0.05, 0) is 24.0 Å². The maximum atomic E-state index is 12.5. The summed E-state index contributed by atoms with van der Waals surface area (Å²) in [6.07, 6.45) is 5.45. The molecule has 5 nitrogen and oxygen atoms in total. The molecule has 3 atom stereocenters. The number of unbranched alkanes of at least 4 members (excludes halogenated alkanes) is 3. The number of Topliss-reactive ketones (excluding diaryl/α,β-unsaturated/α-hetero) is 1. The molecule has 2 aromatic rings. The van der Waals surface area contributed by atoms with Crippen molar-refractivity contribution < 1.29 is 23.9 Å². The second kappa shape index (κ2) is 12.9. The number of esters is 1. The third kappa shape index (κ3) is 7.41. The standard InChI is InChI=1S/C27H32O5/c28-18-24-23(25(29)17-26(24)31-19-21-11-5-3-6-12-21)15-9-1-2-10-16-27(30)32-20-22-13-7-4-8-14-22/h3-8,11-14,18,23-24,26H,1-2,9-10,15-17,19-20H2/t23-,24-,26-/m1/s1. The van der Waals surface area contributed by atoms with Crippen LogP contribution in [0, 0.1) is 11.8 Å². The molecule has 0 unspecified atom stereocenters. The summed E-state index contributed by atoms with van der Waals surface area (Å²) < 4.78 is 11.2. The molecule has 1 aliphatic carbocycles. The number of benzene rings is 2. The molecule has 1 saturated carbocycles. The lowest BCUT2D eigenvalue weighted by molar-refractivity contribution is -0.145. The third-order valence-electron chi connectivity index (χ3n) is 6.06. The molecule has 0 aromatic heterocycles. The number of hydrogen-bond acceptors (Lipinski definition) is 5. The first-order valence-corrected chi connectivity index (χ1v) is 11.5. The maximum Gasteiger partial charge on any atom is 0.306 e. The molecule has 0 amide bonds. The van der Waals surface area contributed by atoms with E-state index in [0.29, 0.717) is 32.5 Å². The summed E-state index contributed by atoms with van der Waals surface area (Å²) in [7, 11) is 0. The Labute approximate surface area is 190 Å². The van der Waals surface area contributed by atoms with Crippen molar-refractivity contribution in [3.05, 3.63) is 71.8 Å². The zero-order chi connectivity index (χ0) is 22.6. The van der Waals surface area contributed by atoms with Gasteiger partial charge in [0.1, 0.15) is 18.7 Å². The molecular formula is C27H32O5. The Balaban J connectivity index is 1.30. The number of carbonyl (C=O) groups is 3. The molecule has 1 aliphatic rings. The topological polar surface area (TPSA) is 69.7 Å². The van der Waals surface area contributed by atoms with Crippen LogP contribution >= 0.6 is 0 Å². The van der Waals surface area contributed by atoms with E-state index in [1.807, 2.05) is 60.7 Å². The van der Waals surface area contributed by atoms with Gasteiger partial charge in [0.2, 0.25) is 0 Å². The van der Waals surface area contributed by atoms with Crippen LogP contribution in [-0.4, -0.2) is 24.1 Å². The van der Waals surface area contributed by atoms with Crippen molar-refractivity contribution in [2.45, 2.75) is 64.3 Å². The van der Waals surface area contributed by atoms with Gasteiger partial charge in [0.25, 0.3) is 0 Å². The van der Waals surface area contributed by atoms with Crippen molar-refractivity contribution in [1.29, 1.82) is 0 Å². The minimum absolute atomic E-state index is 0.129. The van der Waals surface area contributed by atoms with Crippen molar-refractivity contribution in [3.63, 3.8) is 0 Å². The number of hydrogen-bond donors (Lipinski definition) is 0. The van der Waals surface area contributed by atoms with E-state index < -0.39 is 0 Å². The molecule has 170 valence electrons. The maximum absolute atomic E-state index is 12.5.